The topological polar surface area (TPSA) is 40.9 Å². The summed E-state index contributed by atoms with van der Waals surface area (Å²) in [6.07, 6.45) is 0. The Balaban J connectivity index is 2.46. The molecule has 0 aliphatic heterocycles. The first-order valence-electron chi connectivity index (χ1n) is 5.06. The van der Waals surface area contributed by atoms with E-state index in [2.05, 4.69) is 15.9 Å². The van der Waals surface area contributed by atoms with Crippen LogP contribution in [-0.2, 0) is 0 Å². The molecule has 0 saturated carbocycles. The van der Waals surface area contributed by atoms with Gasteiger partial charge in [0.15, 0.2) is 5.78 Å². The second-order valence-corrected chi connectivity index (χ2v) is 5.37. The molecule has 0 aliphatic rings. The molecule has 0 aliphatic carbocycles. The molecule has 90 valence electrons. The maximum absolute atomic E-state index is 13.7. The number of rotatable bonds is 3. The lowest BCUT2D eigenvalue weighted by Crippen LogP contribution is -2.12. The molecule has 1 aromatic heterocycles. The van der Waals surface area contributed by atoms with E-state index in [0.29, 0.717) is 9.35 Å². The average molecular weight is 324 g/mol. The van der Waals surface area contributed by atoms with Crippen molar-refractivity contribution in [1.29, 1.82) is 5.26 Å². The van der Waals surface area contributed by atoms with Crippen molar-refractivity contribution in [2.45, 2.75) is 5.92 Å². The molecule has 0 saturated heterocycles. The van der Waals surface area contributed by atoms with Crippen molar-refractivity contribution in [3.05, 3.63) is 56.4 Å². The number of ketones is 1. The van der Waals surface area contributed by atoms with E-state index in [0.717, 1.165) is 0 Å². The molecule has 2 rings (SSSR count). The number of carbonyl (C=O) groups excluding carboxylic acids is 1. The number of Topliss-reactive ketones (excluding diaryl/α,β-unsaturated/α-hetero) is 1. The van der Waals surface area contributed by atoms with E-state index in [1.807, 2.05) is 6.07 Å². The van der Waals surface area contributed by atoms with Crippen molar-refractivity contribution < 1.29 is 9.18 Å². The quantitative estimate of drug-likeness (QED) is 0.796. The number of benzene rings is 1. The van der Waals surface area contributed by atoms with Gasteiger partial charge in [-0.05, 0) is 39.5 Å². The third-order valence-corrected chi connectivity index (χ3v) is 4.03. The van der Waals surface area contributed by atoms with Crippen molar-refractivity contribution in [2.24, 2.45) is 0 Å². The summed E-state index contributed by atoms with van der Waals surface area (Å²) in [5, 5.41) is 10.9. The average Bonchev–Trinajstić information content (AvgIpc) is 2.83. The monoisotopic (exact) mass is 323 g/mol. The number of nitriles is 1. The van der Waals surface area contributed by atoms with Crippen LogP contribution in [0.4, 0.5) is 4.39 Å². The molecule has 1 atom stereocenters. The standard InChI is InChI=1S/C13H7BrFNOS/c14-9-3-1-4-10(15)12(9)13(17)8(7-16)11-5-2-6-18-11/h1-6,8H. The van der Waals surface area contributed by atoms with E-state index in [-0.39, 0.29) is 5.56 Å². The van der Waals surface area contributed by atoms with Gasteiger partial charge in [0.05, 0.1) is 11.6 Å². The highest BCUT2D eigenvalue weighted by atomic mass is 79.9. The van der Waals surface area contributed by atoms with Crippen LogP contribution in [0.15, 0.2) is 40.2 Å². The highest BCUT2D eigenvalue weighted by Gasteiger charge is 2.26. The van der Waals surface area contributed by atoms with Gasteiger partial charge in [-0.15, -0.1) is 11.3 Å². The Kier molecular flexibility index (Phi) is 3.90. The van der Waals surface area contributed by atoms with Crippen LogP contribution >= 0.6 is 27.3 Å². The van der Waals surface area contributed by atoms with E-state index >= 15 is 0 Å². The predicted molar refractivity (Wildman–Crippen MR) is 71.1 cm³/mol. The lowest BCUT2D eigenvalue weighted by atomic mass is 9.97. The molecule has 18 heavy (non-hydrogen) atoms. The number of hydrogen-bond acceptors (Lipinski definition) is 3. The molecule has 0 bridgehead atoms. The number of hydrogen-bond donors (Lipinski definition) is 0. The third kappa shape index (κ3) is 2.35. The summed E-state index contributed by atoms with van der Waals surface area (Å²) in [5.74, 6) is -2.10. The molecule has 2 nitrogen and oxygen atoms in total. The van der Waals surface area contributed by atoms with Crippen molar-refractivity contribution >= 4 is 33.0 Å². The summed E-state index contributed by atoms with van der Waals surface area (Å²) in [6, 6.07) is 9.68. The summed E-state index contributed by atoms with van der Waals surface area (Å²) in [4.78, 5) is 12.9. The zero-order valence-electron chi connectivity index (χ0n) is 9.06. The first-order chi connectivity index (χ1) is 8.65. The van der Waals surface area contributed by atoms with Gasteiger partial charge < -0.3 is 0 Å². The molecule has 5 heteroatoms. The van der Waals surface area contributed by atoms with Gasteiger partial charge in [0.2, 0.25) is 0 Å². The van der Waals surface area contributed by atoms with Crippen LogP contribution in [-0.4, -0.2) is 5.78 Å². The number of thiophene rings is 1. The molecule has 1 heterocycles. The van der Waals surface area contributed by atoms with Crippen LogP contribution in [0.2, 0.25) is 0 Å². The SMILES string of the molecule is N#CC(C(=O)c1c(F)cccc1Br)c1cccs1. The summed E-state index contributed by atoms with van der Waals surface area (Å²) in [7, 11) is 0. The molecule has 0 spiro atoms. The summed E-state index contributed by atoms with van der Waals surface area (Å²) < 4.78 is 14.0. The Morgan fingerprint density at radius 3 is 2.72 bits per heavy atom. The normalized spacial score (nSPS) is 11.8. The molecular weight excluding hydrogens is 317 g/mol. The van der Waals surface area contributed by atoms with E-state index in [1.54, 1.807) is 23.6 Å². The molecule has 2 aromatic rings. The second kappa shape index (κ2) is 5.42. The second-order valence-electron chi connectivity index (χ2n) is 3.54. The minimum atomic E-state index is -0.960. The first kappa shape index (κ1) is 12.9. The van der Waals surface area contributed by atoms with Crippen molar-refractivity contribution in [2.75, 3.05) is 0 Å². The van der Waals surface area contributed by atoms with E-state index < -0.39 is 17.5 Å². The number of carbonyl (C=O) groups is 1. The fourth-order valence-electron chi connectivity index (χ4n) is 1.58. The van der Waals surface area contributed by atoms with Crippen LogP contribution < -0.4 is 0 Å². The summed E-state index contributed by atoms with van der Waals surface area (Å²) in [6.45, 7) is 0. The Bertz CT molecular complexity index is 598. The molecule has 0 N–H and O–H groups in total. The van der Waals surface area contributed by atoms with Gasteiger partial charge in [-0.3, -0.25) is 4.79 Å². The Morgan fingerprint density at radius 1 is 1.39 bits per heavy atom. The lowest BCUT2D eigenvalue weighted by Gasteiger charge is -2.08. The number of nitrogens with zero attached hydrogens (tertiary/aromatic N) is 1. The predicted octanol–water partition coefficient (Wildman–Crippen LogP) is 4.14. The van der Waals surface area contributed by atoms with Gasteiger partial charge >= 0.3 is 0 Å². The summed E-state index contributed by atoms with van der Waals surface area (Å²) >= 11 is 4.45. The van der Waals surface area contributed by atoms with Crippen LogP contribution in [0.3, 0.4) is 0 Å². The van der Waals surface area contributed by atoms with Gasteiger partial charge in [0.25, 0.3) is 0 Å². The molecule has 1 unspecified atom stereocenters. The van der Waals surface area contributed by atoms with E-state index in [4.69, 9.17) is 5.26 Å². The Morgan fingerprint density at radius 2 is 2.17 bits per heavy atom. The minimum absolute atomic E-state index is 0.0718. The Hall–Kier alpha value is -1.51. The molecule has 0 radical (unpaired) electrons. The fraction of sp³-hybridized carbons (Fsp3) is 0.0769. The smallest absolute Gasteiger partial charge is 0.189 e. The highest BCUT2D eigenvalue weighted by molar-refractivity contribution is 9.10. The third-order valence-electron chi connectivity index (χ3n) is 2.43. The van der Waals surface area contributed by atoms with E-state index in [1.165, 1.54) is 23.5 Å². The molecule has 1 aromatic carbocycles. The fourth-order valence-corrected chi connectivity index (χ4v) is 2.89. The van der Waals surface area contributed by atoms with Gasteiger partial charge in [0, 0.05) is 9.35 Å². The van der Waals surface area contributed by atoms with Gasteiger partial charge in [0.1, 0.15) is 11.7 Å². The maximum Gasteiger partial charge on any atom is 0.189 e. The highest BCUT2D eigenvalue weighted by Crippen LogP contribution is 2.29. The maximum atomic E-state index is 13.7. The van der Waals surface area contributed by atoms with Crippen molar-refractivity contribution in [1.82, 2.24) is 0 Å². The number of halogens is 2. The zero-order chi connectivity index (χ0) is 13.1. The first-order valence-corrected chi connectivity index (χ1v) is 6.73. The molecular formula is C13H7BrFNOS. The van der Waals surface area contributed by atoms with Crippen LogP contribution in [0.5, 0.6) is 0 Å². The van der Waals surface area contributed by atoms with Gasteiger partial charge in [-0.1, -0.05) is 12.1 Å². The molecule has 0 fully saturated rings. The van der Waals surface area contributed by atoms with Crippen molar-refractivity contribution in [3.63, 3.8) is 0 Å². The van der Waals surface area contributed by atoms with Gasteiger partial charge in [-0.2, -0.15) is 5.26 Å². The Labute approximate surface area is 116 Å². The summed E-state index contributed by atoms with van der Waals surface area (Å²) in [5.41, 5.74) is -0.0718. The van der Waals surface area contributed by atoms with Crippen LogP contribution in [0.25, 0.3) is 0 Å². The van der Waals surface area contributed by atoms with Crippen LogP contribution in [0, 0.1) is 17.1 Å². The largest absolute Gasteiger partial charge is 0.292 e. The zero-order valence-corrected chi connectivity index (χ0v) is 11.5. The minimum Gasteiger partial charge on any atom is -0.292 e. The van der Waals surface area contributed by atoms with Crippen molar-refractivity contribution in [3.8, 4) is 6.07 Å². The van der Waals surface area contributed by atoms with E-state index in [9.17, 15) is 9.18 Å². The lowest BCUT2D eigenvalue weighted by molar-refractivity contribution is 0.0975. The van der Waals surface area contributed by atoms with Gasteiger partial charge in [-0.25, -0.2) is 4.39 Å². The molecule has 0 amide bonds. The van der Waals surface area contributed by atoms with Crippen LogP contribution in [0.1, 0.15) is 21.2 Å².